The van der Waals surface area contributed by atoms with Crippen LogP contribution in [-0.2, 0) is 35.6 Å². The summed E-state index contributed by atoms with van der Waals surface area (Å²) in [5.74, 6) is -1.39. The fourth-order valence-corrected chi connectivity index (χ4v) is 9.00. The minimum Gasteiger partial charge on any atom is -0.497 e. The predicted molar refractivity (Wildman–Crippen MR) is 197 cm³/mol. The number of aryl methyl sites for hydroxylation is 1. The molecule has 2 bridgehead atoms. The highest BCUT2D eigenvalue weighted by atomic mass is 32.2. The first kappa shape index (κ1) is 37.8. The number of sulfonamides is 1. The summed E-state index contributed by atoms with van der Waals surface area (Å²) in [5, 5.41) is 4.96. The molecule has 0 radical (unpaired) electrons. The van der Waals surface area contributed by atoms with E-state index in [2.05, 4.69) is 21.9 Å². The number of amides is 4. The number of benzene rings is 1. The molecule has 1 saturated heterocycles. The van der Waals surface area contributed by atoms with E-state index in [1.54, 1.807) is 13.2 Å². The van der Waals surface area contributed by atoms with Gasteiger partial charge in [-0.3, -0.25) is 19.1 Å². The van der Waals surface area contributed by atoms with Gasteiger partial charge in [0.25, 0.3) is 5.91 Å². The molecule has 16 heteroatoms. The van der Waals surface area contributed by atoms with Crippen LogP contribution in [0.3, 0.4) is 0 Å². The van der Waals surface area contributed by atoms with Gasteiger partial charge < -0.3 is 29.7 Å². The summed E-state index contributed by atoms with van der Waals surface area (Å²) in [6, 6.07) is 3.20. The molecule has 0 spiro atoms. The maximum atomic E-state index is 14.6. The van der Waals surface area contributed by atoms with Gasteiger partial charge in [0.2, 0.25) is 27.7 Å². The van der Waals surface area contributed by atoms with Crippen molar-refractivity contribution in [3.8, 4) is 11.6 Å². The zero-order valence-electron chi connectivity index (χ0n) is 31.3. The molecule has 1 aromatic carbocycles. The number of fused-ring (bicyclic) bond motifs is 5. The maximum absolute atomic E-state index is 14.6. The van der Waals surface area contributed by atoms with Crippen molar-refractivity contribution in [2.75, 3.05) is 13.7 Å². The normalized spacial score (nSPS) is 30.3. The van der Waals surface area contributed by atoms with E-state index >= 15 is 0 Å². The first-order valence-corrected chi connectivity index (χ1v) is 20.5. The summed E-state index contributed by atoms with van der Waals surface area (Å²) < 4.78 is 45.3. The summed E-state index contributed by atoms with van der Waals surface area (Å²) in [6.07, 6.45) is 5.93. The number of hydrogen-bond donors (Lipinski definition) is 3. The lowest BCUT2D eigenvalue weighted by atomic mass is 9.85. The Kier molecular flexibility index (Phi) is 10.0. The number of ether oxygens (including phenoxy) is 3. The van der Waals surface area contributed by atoms with Gasteiger partial charge in [-0.15, -0.1) is 6.58 Å². The molecule has 15 nitrogen and oxygen atoms in total. The van der Waals surface area contributed by atoms with Gasteiger partial charge in [-0.05, 0) is 68.4 Å². The zero-order chi connectivity index (χ0) is 38.6. The van der Waals surface area contributed by atoms with E-state index in [1.807, 2.05) is 32.9 Å². The molecule has 4 fully saturated rings. The zero-order valence-corrected chi connectivity index (χ0v) is 32.1. The first-order valence-electron chi connectivity index (χ1n) is 18.9. The third-order valence-corrected chi connectivity index (χ3v) is 13.1. The third-order valence-electron chi connectivity index (χ3n) is 11.3. The molecule has 54 heavy (non-hydrogen) atoms. The molecule has 3 N–H and O–H groups in total. The van der Waals surface area contributed by atoms with E-state index in [1.165, 1.54) is 11.0 Å². The first-order chi connectivity index (χ1) is 25.6. The highest BCUT2D eigenvalue weighted by Gasteiger charge is 2.62. The standard InChI is InChI=1S/C38H50N6O9S/c1-6-22-19-38(22,35(47)43-54(49,50)25-13-14-25)42-32(45)29-18-24-20-44(29)34(46)31(37(2,3)4)41-36(48)53-30-16-21(30)10-8-7-9-11-27-33(52-24)40-28-17-23(51-5)12-15-26(28)39-27/h6,12,15,17,21-22,24-25,29-31H,1,7-11,13-14,16,18-20H2,2-5H3,(H,41,48)(H,42,45)(H,43,47)/t21?,22?,24-,29?,30?,31?,38+/m0/s1. The van der Waals surface area contributed by atoms with Crippen molar-refractivity contribution < 1.29 is 41.8 Å². The number of aromatic nitrogens is 2. The molecule has 7 rings (SSSR count). The summed E-state index contributed by atoms with van der Waals surface area (Å²) in [7, 11) is -2.33. The highest BCUT2D eigenvalue weighted by molar-refractivity contribution is 7.91. The molecule has 2 aromatic rings. The van der Waals surface area contributed by atoms with Gasteiger partial charge in [0.15, 0.2) is 0 Å². The fourth-order valence-electron chi connectivity index (χ4n) is 7.64. The summed E-state index contributed by atoms with van der Waals surface area (Å²) in [5.41, 5.74) is -0.451. The Morgan fingerprint density at radius 1 is 1.07 bits per heavy atom. The number of nitrogens with one attached hydrogen (secondary N) is 3. The van der Waals surface area contributed by atoms with Crippen LogP contribution in [0.2, 0.25) is 0 Å². The number of carbonyl (C=O) groups excluding carboxylic acids is 4. The number of hydrogen-bond acceptors (Lipinski definition) is 11. The molecule has 5 aliphatic rings. The van der Waals surface area contributed by atoms with Crippen LogP contribution >= 0.6 is 0 Å². The lowest BCUT2D eigenvalue weighted by Crippen LogP contribution is -2.60. The number of rotatable bonds is 7. The minimum absolute atomic E-state index is 0.0245. The number of carbonyl (C=O) groups is 4. The van der Waals surface area contributed by atoms with Crippen molar-refractivity contribution in [3.63, 3.8) is 0 Å². The monoisotopic (exact) mass is 766 g/mol. The molecule has 3 aliphatic carbocycles. The van der Waals surface area contributed by atoms with Crippen LogP contribution < -0.4 is 24.8 Å². The van der Waals surface area contributed by atoms with Crippen LogP contribution in [0.1, 0.15) is 84.3 Å². The van der Waals surface area contributed by atoms with Crippen molar-refractivity contribution in [1.29, 1.82) is 0 Å². The Labute approximate surface area is 315 Å². The van der Waals surface area contributed by atoms with Crippen molar-refractivity contribution in [1.82, 2.24) is 30.2 Å². The second-order valence-electron chi connectivity index (χ2n) is 16.5. The second kappa shape index (κ2) is 14.3. The van der Waals surface area contributed by atoms with Gasteiger partial charge in [-0.2, -0.15) is 0 Å². The van der Waals surface area contributed by atoms with Crippen molar-refractivity contribution in [2.24, 2.45) is 17.3 Å². The van der Waals surface area contributed by atoms with Gasteiger partial charge in [0.05, 0.1) is 29.9 Å². The summed E-state index contributed by atoms with van der Waals surface area (Å²) in [4.78, 5) is 66.8. The highest BCUT2D eigenvalue weighted by Crippen LogP contribution is 2.46. The molecule has 4 amide bonds. The topological polar surface area (TPSA) is 195 Å². The van der Waals surface area contributed by atoms with Crippen molar-refractivity contribution >= 4 is 44.9 Å². The van der Waals surface area contributed by atoms with Crippen LogP contribution in [0.5, 0.6) is 11.6 Å². The fraction of sp³-hybridized carbons (Fsp3) is 0.632. The number of nitrogens with zero attached hydrogens (tertiary/aromatic N) is 3. The van der Waals surface area contributed by atoms with Gasteiger partial charge in [0, 0.05) is 18.4 Å². The molecule has 2 aliphatic heterocycles. The molecule has 3 heterocycles. The lowest BCUT2D eigenvalue weighted by molar-refractivity contribution is -0.142. The van der Waals surface area contributed by atoms with Crippen LogP contribution in [0.15, 0.2) is 30.9 Å². The van der Waals surface area contributed by atoms with Crippen LogP contribution in [-0.4, -0.2) is 95.8 Å². The summed E-state index contributed by atoms with van der Waals surface area (Å²) >= 11 is 0. The third kappa shape index (κ3) is 7.85. The number of methoxy groups -OCH3 is 1. The van der Waals surface area contributed by atoms with Crippen LogP contribution in [0, 0.1) is 17.3 Å². The lowest BCUT2D eigenvalue weighted by Gasteiger charge is -2.35. The van der Waals surface area contributed by atoms with Crippen LogP contribution in [0.25, 0.3) is 11.0 Å². The molecule has 1 aromatic heterocycles. The van der Waals surface area contributed by atoms with E-state index in [0.717, 1.165) is 32.1 Å². The van der Waals surface area contributed by atoms with Gasteiger partial charge in [-0.25, -0.2) is 23.2 Å². The molecule has 3 saturated carbocycles. The predicted octanol–water partition coefficient (Wildman–Crippen LogP) is 3.30. The Morgan fingerprint density at radius 3 is 2.54 bits per heavy atom. The molecule has 5 unspecified atom stereocenters. The minimum atomic E-state index is -3.90. The van der Waals surface area contributed by atoms with E-state index in [9.17, 15) is 27.6 Å². The molecule has 7 atom stereocenters. The Hall–Kier alpha value is -4.47. The van der Waals surface area contributed by atoms with E-state index in [0.29, 0.717) is 47.6 Å². The largest absolute Gasteiger partial charge is 0.497 e. The summed E-state index contributed by atoms with van der Waals surface area (Å²) in [6.45, 7) is 9.18. The van der Waals surface area contributed by atoms with Gasteiger partial charge >= 0.3 is 6.09 Å². The Balaban J connectivity index is 1.22. The second-order valence-corrected chi connectivity index (χ2v) is 18.4. The van der Waals surface area contributed by atoms with E-state index < -0.39 is 74.1 Å². The van der Waals surface area contributed by atoms with E-state index in [4.69, 9.17) is 24.2 Å². The SMILES string of the molecule is C=CC1C[C@]1(NC(=O)C1C[C@H]2CN1C(=O)C(C(C)(C)C)NC(=O)OC1CC1CCCCCc1nc3ccc(OC)cc3nc1O2)C(=O)NS(=O)(=O)C1CC1. The Bertz CT molecular complexity index is 1960. The Morgan fingerprint density at radius 2 is 1.85 bits per heavy atom. The van der Waals surface area contributed by atoms with Gasteiger partial charge in [0.1, 0.15) is 41.3 Å². The average Bonchev–Trinajstić information content (AvgIpc) is 4.04. The van der Waals surface area contributed by atoms with Crippen LogP contribution in [0.4, 0.5) is 4.79 Å². The van der Waals surface area contributed by atoms with E-state index in [-0.39, 0.29) is 31.4 Å². The molecular formula is C38H50N6O9S. The number of alkyl carbamates (subject to hydrolysis) is 1. The van der Waals surface area contributed by atoms with Crippen molar-refractivity contribution in [3.05, 3.63) is 36.5 Å². The quantitative estimate of drug-likeness (QED) is 0.350. The smallest absolute Gasteiger partial charge is 0.408 e. The molecule has 292 valence electrons. The van der Waals surface area contributed by atoms with Gasteiger partial charge in [-0.1, -0.05) is 39.7 Å². The van der Waals surface area contributed by atoms with Crippen molar-refractivity contribution in [2.45, 2.75) is 120 Å². The average molecular weight is 767 g/mol. The molecular weight excluding hydrogens is 717 g/mol. The maximum Gasteiger partial charge on any atom is 0.408 e.